The van der Waals surface area contributed by atoms with Gasteiger partial charge in [0.05, 0.1) is 0 Å². The van der Waals surface area contributed by atoms with Crippen molar-refractivity contribution in [1.82, 2.24) is 10.2 Å². The highest BCUT2D eigenvalue weighted by Crippen LogP contribution is 2.31. The molecular formula is C17H34N2. The first kappa shape index (κ1) is 15.3. The van der Waals surface area contributed by atoms with E-state index in [1.807, 2.05) is 0 Å². The molecule has 2 rings (SSSR count). The topological polar surface area (TPSA) is 15.3 Å². The van der Waals surface area contributed by atoms with Gasteiger partial charge in [0.25, 0.3) is 0 Å². The second-order valence-corrected chi connectivity index (χ2v) is 8.03. The minimum atomic E-state index is 0.373. The Balaban J connectivity index is 2.00. The third-order valence-electron chi connectivity index (χ3n) is 5.52. The van der Waals surface area contributed by atoms with E-state index in [0.717, 1.165) is 17.9 Å². The standard InChI is InChI=1S/C17H34N2/c1-6-13(2)15-10-18-16(17(3,4)5)12-19(15)11-14-8-7-9-14/h13-16,18H,6-12H2,1-5H3. The Labute approximate surface area is 120 Å². The molecule has 3 atom stereocenters. The summed E-state index contributed by atoms with van der Waals surface area (Å²) in [5, 5.41) is 3.82. The van der Waals surface area contributed by atoms with Crippen LogP contribution in [0.25, 0.3) is 0 Å². The van der Waals surface area contributed by atoms with Gasteiger partial charge >= 0.3 is 0 Å². The Bertz CT molecular complexity index is 277. The first-order valence-corrected chi connectivity index (χ1v) is 8.39. The number of hydrogen-bond donors (Lipinski definition) is 1. The van der Waals surface area contributed by atoms with Crippen molar-refractivity contribution < 1.29 is 0 Å². The van der Waals surface area contributed by atoms with Crippen LogP contribution >= 0.6 is 0 Å². The smallest absolute Gasteiger partial charge is 0.0247 e. The van der Waals surface area contributed by atoms with E-state index in [4.69, 9.17) is 0 Å². The van der Waals surface area contributed by atoms with Crippen molar-refractivity contribution in [3.8, 4) is 0 Å². The van der Waals surface area contributed by atoms with Crippen LogP contribution < -0.4 is 5.32 Å². The molecule has 1 saturated carbocycles. The Morgan fingerprint density at radius 3 is 2.42 bits per heavy atom. The molecule has 3 unspecified atom stereocenters. The second-order valence-electron chi connectivity index (χ2n) is 8.03. The summed E-state index contributed by atoms with van der Waals surface area (Å²) in [6.45, 7) is 15.7. The molecule has 2 nitrogen and oxygen atoms in total. The maximum Gasteiger partial charge on any atom is 0.0247 e. The van der Waals surface area contributed by atoms with Crippen LogP contribution in [0.4, 0.5) is 0 Å². The molecule has 0 spiro atoms. The van der Waals surface area contributed by atoms with Gasteiger partial charge in [0.1, 0.15) is 0 Å². The van der Waals surface area contributed by atoms with Crippen LogP contribution in [-0.4, -0.2) is 36.6 Å². The predicted octanol–water partition coefficient (Wildman–Crippen LogP) is 3.52. The zero-order valence-corrected chi connectivity index (χ0v) is 13.7. The Morgan fingerprint density at radius 2 is 1.95 bits per heavy atom. The summed E-state index contributed by atoms with van der Waals surface area (Å²) in [6, 6.07) is 1.40. The molecule has 2 aliphatic rings. The summed E-state index contributed by atoms with van der Waals surface area (Å²) >= 11 is 0. The van der Waals surface area contributed by atoms with Crippen molar-refractivity contribution >= 4 is 0 Å². The summed E-state index contributed by atoms with van der Waals surface area (Å²) < 4.78 is 0. The van der Waals surface area contributed by atoms with Gasteiger partial charge in [-0.3, -0.25) is 4.90 Å². The fourth-order valence-electron chi connectivity index (χ4n) is 3.46. The summed E-state index contributed by atoms with van der Waals surface area (Å²) in [4.78, 5) is 2.82. The molecule has 0 bridgehead atoms. The third kappa shape index (κ3) is 3.72. The highest BCUT2D eigenvalue weighted by atomic mass is 15.2. The summed E-state index contributed by atoms with van der Waals surface area (Å²) in [7, 11) is 0. The van der Waals surface area contributed by atoms with Crippen LogP contribution in [0.5, 0.6) is 0 Å². The lowest BCUT2D eigenvalue weighted by molar-refractivity contribution is 0.0350. The van der Waals surface area contributed by atoms with Crippen molar-refractivity contribution in [1.29, 1.82) is 0 Å². The predicted molar refractivity (Wildman–Crippen MR) is 83.4 cm³/mol. The Hall–Kier alpha value is -0.0800. The molecule has 19 heavy (non-hydrogen) atoms. The fraction of sp³-hybridized carbons (Fsp3) is 1.00. The third-order valence-corrected chi connectivity index (χ3v) is 5.52. The molecule has 0 aromatic rings. The van der Waals surface area contributed by atoms with E-state index in [9.17, 15) is 0 Å². The van der Waals surface area contributed by atoms with Crippen molar-refractivity contribution in [2.75, 3.05) is 19.6 Å². The first-order chi connectivity index (χ1) is 8.91. The summed E-state index contributed by atoms with van der Waals surface area (Å²) in [6.07, 6.45) is 5.70. The second kappa shape index (κ2) is 6.13. The van der Waals surface area contributed by atoms with Gasteiger partial charge in [0, 0.05) is 31.7 Å². The SMILES string of the molecule is CCC(C)C1CNC(C(C)(C)C)CN1CC1CCC1. The molecule has 0 aromatic carbocycles. The summed E-state index contributed by atoms with van der Waals surface area (Å²) in [5.74, 6) is 1.80. The molecule has 1 aliphatic carbocycles. The lowest BCUT2D eigenvalue weighted by atomic mass is 9.80. The van der Waals surface area contributed by atoms with E-state index in [1.54, 1.807) is 0 Å². The van der Waals surface area contributed by atoms with E-state index in [-0.39, 0.29) is 0 Å². The van der Waals surface area contributed by atoms with Gasteiger partial charge in [0.2, 0.25) is 0 Å². The van der Waals surface area contributed by atoms with Gasteiger partial charge in [-0.15, -0.1) is 0 Å². The van der Waals surface area contributed by atoms with Gasteiger partial charge in [-0.25, -0.2) is 0 Å². The Kier molecular flexibility index (Phi) is 4.94. The van der Waals surface area contributed by atoms with E-state index in [0.29, 0.717) is 11.5 Å². The van der Waals surface area contributed by atoms with Gasteiger partial charge < -0.3 is 5.32 Å². The van der Waals surface area contributed by atoms with Crippen molar-refractivity contribution in [2.45, 2.75) is 72.4 Å². The first-order valence-electron chi connectivity index (χ1n) is 8.39. The monoisotopic (exact) mass is 266 g/mol. The normalized spacial score (nSPS) is 32.1. The molecule has 1 aliphatic heterocycles. The molecule has 1 N–H and O–H groups in total. The molecule has 1 saturated heterocycles. The summed E-state index contributed by atoms with van der Waals surface area (Å²) in [5.41, 5.74) is 0.373. The van der Waals surface area contributed by atoms with Crippen molar-refractivity contribution in [2.24, 2.45) is 17.3 Å². The van der Waals surface area contributed by atoms with Crippen LogP contribution in [0.1, 0.15) is 60.3 Å². The highest BCUT2D eigenvalue weighted by Gasteiger charge is 2.37. The molecule has 112 valence electrons. The van der Waals surface area contributed by atoms with Crippen molar-refractivity contribution in [3.05, 3.63) is 0 Å². The van der Waals surface area contributed by atoms with Gasteiger partial charge in [-0.05, 0) is 30.1 Å². The molecular weight excluding hydrogens is 232 g/mol. The van der Waals surface area contributed by atoms with E-state index in [1.165, 1.54) is 45.3 Å². The quantitative estimate of drug-likeness (QED) is 0.837. The van der Waals surface area contributed by atoms with Gasteiger partial charge in [0.15, 0.2) is 0 Å². The largest absolute Gasteiger partial charge is 0.311 e. The van der Waals surface area contributed by atoms with E-state index >= 15 is 0 Å². The van der Waals surface area contributed by atoms with Gasteiger partial charge in [-0.2, -0.15) is 0 Å². The van der Waals surface area contributed by atoms with Crippen LogP contribution in [0.15, 0.2) is 0 Å². The zero-order chi connectivity index (χ0) is 14.0. The Morgan fingerprint density at radius 1 is 1.26 bits per heavy atom. The average molecular weight is 266 g/mol. The molecule has 0 aromatic heterocycles. The highest BCUT2D eigenvalue weighted by molar-refractivity contribution is 4.94. The maximum absolute atomic E-state index is 3.82. The lowest BCUT2D eigenvalue weighted by Gasteiger charge is -2.48. The number of nitrogens with one attached hydrogen (secondary N) is 1. The van der Waals surface area contributed by atoms with Gasteiger partial charge in [-0.1, -0.05) is 47.5 Å². The molecule has 0 amide bonds. The molecule has 0 radical (unpaired) electrons. The van der Waals surface area contributed by atoms with Crippen LogP contribution in [-0.2, 0) is 0 Å². The lowest BCUT2D eigenvalue weighted by Crippen LogP contribution is -2.62. The molecule has 2 fully saturated rings. The number of nitrogens with zero attached hydrogens (tertiary/aromatic N) is 1. The van der Waals surface area contributed by atoms with Crippen LogP contribution in [0.2, 0.25) is 0 Å². The minimum Gasteiger partial charge on any atom is -0.311 e. The van der Waals surface area contributed by atoms with Crippen molar-refractivity contribution in [3.63, 3.8) is 0 Å². The van der Waals surface area contributed by atoms with E-state index in [2.05, 4.69) is 44.8 Å². The van der Waals surface area contributed by atoms with Crippen LogP contribution in [0.3, 0.4) is 0 Å². The van der Waals surface area contributed by atoms with Crippen LogP contribution in [0, 0.1) is 17.3 Å². The number of hydrogen-bond acceptors (Lipinski definition) is 2. The molecule has 2 heteroatoms. The fourth-order valence-corrected chi connectivity index (χ4v) is 3.46. The van der Waals surface area contributed by atoms with E-state index < -0.39 is 0 Å². The number of rotatable bonds is 4. The maximum atomic E-state index is 3.82. The molecule has 1 heterocycles. The average Bonchev–Trinajstić information content (AvgIpc) is 2.31. The zero-order valence-electron chi connectivity index (χ0n) is 13.7. The number of piperazine rings is 1. The minimum absolute atomic E-state index is 0.373.